The fourth-order valence-electron chi connectivity index (χ4n) is 3.89. The Morgan fingerprint density at radius 2 is 1.30 bits per heavy atom. The maximum absolute atomic E-state index is 13.8. The summed E-state index contributed by atoms with van der Waals surface area (Å²) in [6.07, 6.45) is 0. The standard InChI is InChI=1S/C26H25NO6/c1-29-17-8-6-15(7-9-17)23-19-11-10-18(30-2)14-20(19)27-24(23)25(28)16-12-21(31-3)26(33-5)22(13-16)32-4/h6-14,27H,1-5H3. The molecule has 33 heavy (non-hydrogen) atoms. The first-order valence-corrected chi connectivity index (χ1v) is 10.2. The van der Waals surface area contributed by atoms with E-state index in [1.807, 2.05) is 42.5 Å². The minimum Gasteiger partial charge on any atom is -0.497 e. The van der Waals surface area contributed by atoms with Crippen molar-refractivity contribution in [2.45, 2.75) is 0 Å². The largest absolute Gasteiger partial charge is 0.497 e. The normalized spacial score (nSPS) is 10.7. The van der Waals surface area contributed by atoms with Crippen molar-refractivity contribution in [3.8, 4) is 39.9 Å². The van der Waals surface area contributed by atoms with Crippen LogP contribution in [0.1, 0.15) is 16.1 Å². The number of ketones is 1. The van der Waals surface area contributed by atoms with Gasteiger partial charge in [-0.1, -0.05) is 12.1 Å². The van der Waals surface area contributed by atoms with Crippen LogP contribution < -0.4 is 23.7 Å². The number of aromatic nitrogens is 1. The van der Waals surface area contributed by atoms with Crippen molar-refractivity contribution in [2.24, 2.45) is 0 Å². The van der Waals surface area contributed by atoms with Gasteiger partial charge in [0.2, 0.25) is 11.5 Å². The van der Waals surface area contributed by atoms with Crippen molar-refractivity contribution in [1.29, 1.82) is 0 Å². The summed E-state index contributed by atoms with van der Waals surface area (Å²) in [4.78, 5) is 17.1. The number of rotatable bonds is 8. The van der Waals surface area contributed by atoms with Gasteiger partial charge in [-0.05, 0) is 42.0 Å². The molecular formula is C26H25NO6. The first kappa shape index (κ1) is 22.1. The molecule has 1 aromatic heterocycles. The third-order valence-electron chi connectivity index (χ3n) is 5.54. The zero-order valence-electron chi connectivity index (χ0n) is 19.1. The zero-order chi connectivity index (χ0) is 23.5. The van der Waals surface area contributed by atoms with E-state index >= 15 is 0 Å². The number of hydrogen-bond acceptors (Lipinski definition) is 6. The second kappa shape index (κ2) is 9.16. The minimum absolute atomic E-state index is 0.213. The fourth-order valence-corrected chi connectivity index (χ4v) is 3.89. The van der Waals surface area contributed by atoms with E-state index in [-0.39, 0.29) is 5.78 Å². The Labute approximate surface area is 191 Å². The van der Waals surface area contributed by atoms with E-state index < -0.39 is 0 Å². The molecule has 0 aliphatic heterocycles. The molecule has 0 unspecified atom stereocenters. The summed E-state index contributed by atoms with van der Waals surface area (Å²) in [7, 11) is 7.78. The number of fused-ring (bicyclic) bond motifs is 1. The lowest BCUT2D eigenvalue weighted by Gasteiger charge is -2.14. The van der Waals surface area contributed by atoms with Gasteiger partial charge in [0.25, 0.3) is 0 Å². The molecule has 1 heterocycles. The predicted octanol–water partition coefficient (Wildman–Crippen LogP) is 5.11. The van der Waals surface area contributed by atoms with Crippen molar-refractivity contribution < 1.29 is 28.5 Å². The van der Waals surface area contributed by atoms with Crippen molar-refractivity contribution in [3.63, 3.8) is 0 Å². The molecule has 0 saturated carbocycles. The average Bonchev–Trinajstić information content (AvgIpc) is 3.25. The van der Waals surface area contributed by atoms with Gasteiger partial charge in [0.1, 0.15) is 11.5 Å². The average molecular weight is 447 g/mol. The number of nitrogens with one attached hydrogen (secondary N) is 1. The van der Waals surface area contributed by atoms with Crippen LogP contribution in [0.15, 0.2) is 54.6 Å². The highest BCUT2D eigenvalue weighted by molar-refractivity contribution is 6.17. The number of carbonyl (C=O) groups is 1. The maximum atomic E-state index is 13.8. The Bertz CT molecular complexity index is 1280. The Morgan fingerprint density at radius 1 is 0.697 bits per heavy atom. The van der Waals surface area contributed by atoms with Gasteiger partial charge >= 0.3 is 0 Å². The Balaban J connectivity index is 1.93. The summed E-state index contributed by atoms with van der Waals surface area (Å²) < 4.78 is 26.9. The van der Waals surface area contributed by atoms with Crippen LogP contribution in [0.5, 0.6) is 28.7 Å². The summed E-state index contributed by atoms with van der Waals surface area (Å²) in [5, 5.41) is 0.900. The lowest BCUT2D eigenvalue weighted by molar-refractivity contribution is 0.103. The lowest BCUT2D eigenvalue weighted by Crippen LogP contribution is -2.06. The highest BCUT2D eigenvalue weighted by Crippen LogP contribution is 2.40. The SMILES string of the molecule is COc1ccc(-c2c(C(=O)c3cc(OC)c(OC)c(OC)c3)[nH]c3cc(OC)ccc23)cc1. The molecule has 0 aliphatic carbocycles. The van der Waals surface area contributed by atoms with E-state index in [0.29, 0.717) is 34.3 Å². The van der Waals surface area contributed by atoms with Crippen LogP contribution in [0.25, 0.3) is 22.0 Å². The van der Waals surface area contributed by atoms with Crippen molar-refractivity contribution in [1.82, 2.24) is 4.98 Å². The molecule has 3 aromatic carbocycles. The van der Waals surface area contributed by atoms with Crippen LogP contribution in [0, 0.1) is 0 Å². The smallest absolute Gasteiger partial charge is 0.210 e. The lowest BCUT2D eigenvalue weighted by atomic mass is 9.97. The van der Waals surface area contributed by atoms with Crippen molar-refractivity contribution in [2.75, 3.05) is 35.5 Å². The van der Waals surface area contributed by atoms with Gasteiger partial charge in [0.15, 0.2) is 11.5 Å². The third kappa shape index (κ3) is 3.93. The van der Waals surface area contributed by atoms with Crippen molar-refractivity contribution >= 4 is 16.7 Å². The summed E-state index contributed by atoms with van der Waals surface area (Å²) in [5.41, 5.74) is 3.29. The van der Waals surface area contributed by atoms with Crippen LogP contribution in [0.3, 0.4) is 0 Å². The molecule has 0 fully saturated rings. The number of hydrogen-bond donors (Lipinski definition) is 1. The molecular weight excluding hydrogens is 422 g/mol. The number of ether oxygens (including phenoxy) is 5. The summed E-state index contributed by atoms with van der Waals surface area (Å²) in [6, 6.07) is 16.6. The molecule has 4 rings (SSSR count). The molecule has 0 bridgehead atoms. The number of benzene rings is 3. The first-order valence-electron chi connectivity index (χ1n) is 10.2. The Hall–Kier alpha value is -4.13. The summed E-state index contributed by atoms with van der Waals surface area (Å²) >= 11 is 0. The molecule has 0 spiro atoms. The van der Waals surface area contributed by atoms with Gasteiger partial charge in [-0.25, -0.2) is 0 Å². The van der Waals surface area contributed by atoms with Crippen molar-refractivity contribution in [3.05, 3.63) is 65.9 Å². The second-order valence-corrected chi connectivity index (χ2v) is 7.26. The quantitative estimate of drug-likeness (QED) is 0.378. The van der Waals surface area contributed by atoms with E-state index in [4.69, 9.17) is 23.7 Å². The second-order valence-electron chi connectivity index (χ2n) is 7.26. The molecule has 170 valence electrons. The molecule has 7 nitrogen and oxygen atoms in total. The van der Waals surface area contributed by atoms with Crippen LogP contribution >= 0.6 is 0 Å². The first-order chi connectivity index (χ1) is 16.0. The van der Waals surface area contributed by atoms with Gasteiger partial charge in [-0.2, -0.15) is 0 Å². The van der Waals surface area contributed by atoms with Gasteiger partial charge < -0.3 is 28.7 Å². The maximum Gasteiger partial charge on any atom is 0.210 e. The molecule has 0 amide bonds. The van der Waals surface area contributed by atoms with Crippen LogP contribution in [-0.2, 0) is 0 Å². The summed E-state index contributed by atoms with van der Waals surface area (Å²) in [5.74, 6) is 2.45. The molecule has 7 heteroatoms. The fraction of sp³-hybridized carbons (Fsp3) is 0.192. The zero-order valence-corrected chi connectivity index (χ0v) is 19.1. The van der Waals surface area contributed by atoms with Gasteiger partial charge in [-0.3, -0.25) is 4.79 Å². The summed E-state index contributed by atoms with van der Waals surface area (Å²) in [6.45, 7) is 0. The van der Waals surface area contributed by atoms with Crippen LogP contribution in [0.4, 0.5) is 0 Å². The Kier molecular flexibility index (Phi) is 6.13. The molecule has 0 aliphatic rings. The number of H-pyrrole nitrogens is 1. The predicted molar refractivity (Wildman–Crippen MR) is 126 cm³/mol. The molecule has 0 radical (unpaired) electrons. The van der Waals surface area contributed by atoms with E-state index in [2.05, 4.69) is 4.98 Å². The molecule has 0 atom stereocenters. The topological polar surface area (TPSA) is 79.0 Å². The molecule has 0 saturated heterocycles. The number of carbonyl (C=O) groups excluding carboxylic acids is 1. The van der Waals surface area contributed by atoms with Crippen LogP contribution in [0.2, 0.25) is 0 Å². The number of methoxy groups -OCH3 is 5. The van der Waals surface area contributed by atoms with E-state index in [9.17, 15) is 4.79 Å². The molecule has 4 aromatic rings. The highest BCUT2D eigenvalue weighted by atomic mass is 16.5. The third-order valence-corrected chi connectivity index (χ3v) is 5.54. The van der Waals surface area contributed by atoms with E-state index in [1.54, 1.807) is 26.4 Å². The van der Waals surface area contributed by atoms with Gasteiger partial charge in [0.05, 0.1) is 46.8 Å². The minimum atomic E-state index is -0.213. The van der Waals surface area contributed by atoms with Gasteiger partial charge in [-0.15, -0.1) is 0 Å². The Morgan fingerprint density at radius 3 is 1.85 bits per heavy atom. The number of aromatic amines is 1. The molecule has 1 N–H and O–H groups in total. The van der Waals surface area contributed by atoms with E-state index in [1.165, 1.54) is 21.3 Å². The van der Waals surface area contributed by atoms with E-state index in [0.717, 1.165) is 27.8 Å². The monoisotopic (exact) mass is 447 g/mol. The highest BCUT2D eigenvalue weighted by Gasteiger charge is 2.24. The van der Waals surface area contributed by atoms with Gasteiger partial charge in [0, 0.05) is 22.6 Å². The van der Waals surface area contributed by atoms with Crippen LogP contribution in [-0.4, -0.2) is 46.3 Å².